The molecular formula is C17H20N4O3. The van der Waals surface area contributed by atoms with E-state index in [1.54, 1.807) is 18.2 Å². The third kappa shape index (κ3) is 3.99. The number of hydrogen-bond donors (Lipinski definition) is 0. The van der Waals surface area contributed by atoms with Crippen LogP contribution in [-0.4, -0.2) is 54.1 Å². The zero-order chi connectivity index (χ0) is 16.8. The molecule has 0 spiro atoms. The molecule has 7 nitrogen and oxygen atoms in total. The van der Waals surface area contributed by atoms with Crippen molar-refractivity contribution in [2.24, 2.45) is 0 Å². The first kappa shape index (κ1) is 16.2. The van der Waals surface area contributed by atoms with Gasteiger partial charge in [0.15, 0.2) is 5.75 Å². The number of aromatic nitrogens is 1. The Bertz CT molecular complexity index is 673. The lowest BCUT2D eigenvalue weighted by Gasteiger charge is -2.35. The first-order valence-electron chi connectivity index (χ1n) is 7.98. The van der Waals surface area contributed by atoms with Crippen molar-refractivity contribution in [3.8, 4) is 5.75 Å². The lowest BCUT2D eigenvalue weighted by molar-refractivity contribution is -0.385. The van der Waals surface area contributed by atoms with E-state index in [4.69, 9.17) is 4.74 Å². The molecule has 1 aromatic heterocycles. The van der Waals surface area contributed by atoms with Gasteiger partial charge in [-0.2, -0.15) is 0 Å². The summed E-state index contributed by atoms with van der Waals surface area (Å²) in [6.45, 7) is 4.88. The van der Waals surface area contributed by atoms with Crippen LogP contribution in [0.2, 0.25) is 0 Å². The summed E-state index contributed by atoms with van der Waals surface area (Å²) in [5.41, 5.74) is 0.0115. The van der Waals surface area contributed by atoms with E-state index in [-0.39, 0.29) is 5.69 Å². The summed E-state index contributed by atoms with van der Waals surface area (Å²) in [5, 5.41) is 11.0. The number of para-hydroxylation sites is 2. The van der Waals surface area contributed by atoms with Crippen molar-refractivity contribution in [3.63, 3.8) is 0 Å². The fraction of sp³-hybridized carbons (Fsp3) is 0.353. The molecule has 1 aliphatic heterocycles. The molecule has 126 valence electrons. The van der Waals surface area contributed by atoms with Gasteiger partial charge in [-0.1, -0.05) is 18.2 Å². The second-order valence-corrected chi connectivity index (χ2v) is 5.59. The molecular weight excluding hydrogens is 308 g/mol. The zero-order valence-electron chi connectivity index (χ0n) is 13.4. The summed E-state index contributed by atoms with van der Waals surface area (Å²) in [5.74, 6) is 1.34. The Balaban J connectivity index is 1.45. The highest BCUT2D eigenvalue weighted by Crippen LogP contribution is 2.25. The average molecular weight is 328 g/mol. The van der Waals surface area contributed by atoms with E-state index in [0.29, 0.717) is 12.4 Å². The predicted molar refractivity (Wildman–Crippen MR) is 91.5 cm³/mol. The molecule has 1 aliphatic rings. The van der Waals surface area contributed by atoms with Crippen molar-refractivity contribution in [2.45, 2.75) is 0 Å². The lowest BCUT2D eigenvalue weighted by atomic mass is 10.3. The second kappa shape index (κ2) is 7.74. The molecule has 0 saturated carbocycles. The lowest BCUT2D eigenvalue weighted by Crippen LogP contribution is -2.47. The Morgan fingerprint density at radius 2 is 1.83 bits per heavy atom. The monoisotopic (exact) mass is 328 g/mol. The van der Waals surface area contributed by atoms with E-state index < -0.39 is 4.92 Å². The summed E-state index contributed by atoms with van der Waals surface area (Å²) in [6, 6.07) is 12.4. The number of anilines is 1. The number of ether oxygens (including phenoxy) is 1. The Labute approximate surface area is 140 Å². The Morgan fingerprint density at radius 3 is 2.54 bits per heavy atom. The number of benzene rings is 1. The molecule has 2 aromatic rings. The van der Waals surface area contributed by atoms with Gasteiger partial charge < -0.3 is 9.64 Å². The third-order valence-electron chi connectivity index (χ3n) is 4.07. The number of nitro benzene ring substituents is 1. The van der Waals surface area contributed by atoms with Gasteiger partial charge in [0.1, 0.15) is 12.4 Å². The summed E-state index contributed by atoms with van der Waals surface area (Å²) in [4.78, 5) is 19.5. The number of nitro groups is 1. The summed E-state index contributed by atoms with van der Waals surface area (Å²) >= 11 is 0. The molecule has 7 heteroatoms. The standard InChI is InChI=1S/C17H20N4O3/c22-21(23)15-5-1-2-6-16(15)24-14-13-19-9-11-20(12-10-19)17-7-3-4-8-18-17/h1-8H,9-14H2. The summed E-state index contributed by atoms with van der Waals surface area (Å²) in [6.07, 6.45) is 1.81. The number of rotatable bonds is 6. The second-order valence-electron chi connectivity index (χ2n) is 5.59. The predicted octanol–water partition coefficient (Wildman–Crippen LogP) is 2.19. The average Bonchev–Trinajstić information content (AvgIpc) is 2.63. The van der Waals surface area contributed by atoms with E-state index in [9.17, 15) is 10.1 Å². The van der Waals surface area contributed by atoms with Crippen molar-refractivity contribution in [1.82, 2.24) is 9.88 Å². The molecule has 0 unspecified atom stereocenters. The minimum absolute atomic E-state index is 0.0115. The van der Waals surface area contributed by atoms with E-state index in [1.807, 2.05) is 24.4 Å². The Hall–Kier alpha value is -2.67. The van der Waals surface area contributed by atoms with Crippen molar-refractivity contribution in [1.29, 1.82) is 0 Å². The Kier molecular flexibility index (Phi) is 5.22. The van der Waals surface area contributed by atoms with Gasteiger partial charge in [0, 0.05) is 45.0 Å². The summed E-state index contributed by atoms with van der Waals surface area (Å²) in [7, 11) is 0. The van der Waals surface area contributed by atoms with Crippen LogP contribution in [0.3, 0.4) is 0 Å². The molecule has 0 bridgehead atoms. The Morgan fingerprint density at radius 1 is 1.08 bits per heavy atom. The van der Waals surface area contributed by atoms with Crippen LogP contribution in [0.25, 0.3) is 0 Å². The maximum absolute atomic E-state index is 11.0. The van der Waals surface area contributed by atoms with Crippen molar-refractivity contribution < 1.29 is 9.66 Å². The number of piperazine rings is 1. The molecule has 1 fully saturated rings. The van der Waals surface area contributed by atoms with E-state index in [1.165, 1.54) is 6.07 Å². The van der Waals surface area contributed by atoms with Gasteiger partial charge in [-0.3, -0.25) is 15.0 Å². The number of hydrogen-bond acceptors (Lipinski definition) is 6. The maximum Gasteiger partial charge on any atom is 0.310 e. The van der Waals surface area contributed by atoms with Gasteiger partial charge in [-0.05, 0) is 18.2 Å². The molecule has 2 heterocycles. The van der Waals surface area contributed by atoms with E-state index >= 15 is 0 Å². The molecule has 0 amide bonds. The first-order valence-corrected chi connectivity index (χ1v) is 7.98. The molecule has 0 atom stereocenters. The van der Waals surface area contributed by atoms with E-state index in [2.05, 4.69) is 14.8 Å². The van der Waals surface area contributed by atoms with Crippen molar-refractivity contribution in [3.05, 3.63) is 58.8 Å². The molecule has 0 radical (unpaired) electrons. The van der Waals surface area contributed by atoms with Crippen LogP contribution in [0.1, 0.15) is 0 Å². The van der Waals surface area contributed by atoms with Crippen LogP contribution in [0.4, 0.5) is 11.5 Å². The van der Waals surface area contributed by atoms with Crippen LogP contribution >= 0.6 is 0 Å². The van der Waals surface area contributed by atoms with Crippen molar-refractivity contribution >= 4 is 11.5 Å². The largest absolute Gasteiger partial charge is 0.485 e. The van der Waals surface area contributed by atoms with Gasteiger partial charge in [0.2, 0.25) is 0 Å². The number of pyridine rings is 1. The minimum Gasteiger partial charge on any atom is -0.485 e. The topological polar surface area (TPSA) is 71.7 Å². The van der Waals surface area contributed by atoms with Gasteiger partial charge in [-0.25, -0.2) is 4.98 Å². The highest BCUT2D eigenvalue weighted by Gasteiger charge is 2.18. The third-order valence-corrected chi connectivity index (χ3v) is 4.07. The maximum atomic E-state index is 11.0. The van der Waals surface area contributed by atoms with Crippen LogP contribution in [0.5, 0.6) is 5.75 Å². The fourth-order valence-electron chi connectivity index (χ4n) is 2.76. The van der Waals surface area contributed by atoms with Crippen LogP contribution in [0.15, 0.2) is 48.7 Å². The van der Waals surface area contributed by atoms with E-state index in [0.717, 1.165) is 38.5 Å². The van der Waals surface area contributed by atoms with Gasteiger partial charge in [-0.15, -0.1) is 0 Å². The SMILES string of the molecule is O=[N+]([O-])c1ccccc1OCCN1CCN(c2ccccn2)CC1. The smallest absolute Gasteiger partial charge is 0.310 e. The highest BCUT2D eigenvalue weighted by atomic mass is 16.6. The molecule has 3 rings (SSSR count). The molecule has 0 aliphatic carbocycles. The van der Waals surface area contributed by atoms with Crippen molar-refractivity contribution in [2.75, 3.05) is 44.2 Å². The molecule has 1 aromatic carbocycles. The minimum atomic E-state index is -0.416. The van der Waals surface area contributed by atoms with Gasteiger partial charge in [0.25, 0.3) is 0 Å². The first-order chi connectivity index (χ1) is 11.7. The van der Waals surface area contributed by atoms with Gasteiger partial charge >= 0.3 is 5.69 Å². The summed E-state index contributed by atoms with van der Waals surface area (Å²) < 4.78 is 5.60. The van der Waals surface area contributed by atoms with Crippen LogP contribution in [0, 0.1) is 10.1 Å². The normalized spacial score (nSPS) is 15.2. The molecule has 24 heavy (non-hydrogen) atoms. The zero-order valence-corrected chi connectivity index (χ0v) is 13.4. The van der Waals surface area contributed by atoms with Crippen LogP contribution in [-0.2, 0) is 0 Å². The van der Waals surface area contributed by atoms with Crippen LogP contribution < -0.4 is 9.64 Å². The van der Waals surface area contributed by atoms with Gasteiger partial charge in [0.05, 0.1) is 4.92 Å². The highest BCUT2D eigenvalue weighted by molar-refractivity contribution is 5.45. The quantitative estimate of drug-likeness (QED) is 0.598. The number of nitrogens with zero attached hydrogens (tertiary/aromatic N) is 4. The molecule has 1 saturated heterocycles. The molecule has 0 N–H and O–H groups in total. The fourth-order valence-corrected chi connectivity index (χ4v) is 2.76.